The molecule has 4 atom stereocenters. The van der Waals surface area contributed by atoms with Gasteiger partial charge in [0.1, 0.15) is 11.9 Å². The van der Waals surface area contributed by atoms with Crippen LogP contribution in [-0.4, -0.2) is 62.5 Å². The van der Waals surface area contributed by atoms with Gasteiger partial charge in [0.05, 0.1) is 16.5 Å². The zero-order valence-electron chi connectivity index (χ0n) is 23.6. The maximum Gasteiger partial charge on any atom is 0.333 e. The third-order valence-corrected chi connectivity index (χ3v) is 12.6. The fourth-order valence-corrected chi connectivity index (χ4v) is 10.1. The number of aliphatic imine (C=N–C) groups is 1. The van der Waals surface area contributed by atoms with Crippen molar-refractivity contribution < 1.29 is 26.7 Å². The van der Waals surface area contributed by atoms with Gasteiger partial charge >= 0.3 is 6.55 Å². The first-order valence-electron chi connectivity index (χ1n) is 14.4. The number of rotatable bonds is 7. The Morgan fingerprint density at radius 3 is 2.59 bits per heavy atom. The highest BCUT2D eigenvalue weighted by Crippen LogP contribution is 2.51. The number of aliphatic hydroxyl groups is 1. The Balaban J connectivity index is 1.29. The molecule has 2 aliphatic heterocycles. The molecule has 2 aromatic heterocycles. The van der Waals surface area contributed by atoms with Crippen LogP contribution in [-0.2, 0) is 10.0 Å². The second-order valence-corrected chi connectivity index (χ2v) is 15.4. The van der Waals surface area contributed by atoms with E-state index in [1.165, 1.54) is 41.8 Å². The second kappa shape index (κ2) is 10.9. The van der Waals surface area contributed by atoms with Crippen LogP contribution in [0.1, 0.15) is 67.9 Å². The van der Waals surface area contributed by atoms with E-state index in [0.717, 1.165) is 12.8 Å². The monoisotopic (exact) mass is 666 g/mol. The van der Waals surface area contributed by atoms with E-state index in [1.54, 1.807) is 11.6 Å². The third-order valence-electron chi connectivity index (χ3n) is 9.61. The Bertz CT molecular complexity index is 1740. The van der Waals surface area contributed by atoms with Gasteiger partial charge in [-0.25, -0.2) is 27.2 Å². The summed E-state index contributed by atoms with van der Waals surface area (Å²) in [7, 11) is -3.77. The van der Waals surface area contributed by atoms with Crippen LogP contribution in [0.3, 0.4) is 0 Å². The summed E-state index contributed by atoms with van der Waals surface area (Å²) >= 11 is 7.87. The van der Waals surface area contributed by atoms with Gasteiger partial charge in [-0.15, -0.1) is 11.3 Å². The lowest BCUT2D eigenvalue weighted by atomic mass is 9.76. The average Bonchev–Trinajstić information content (AvgIpc) is 3.74. The standard InChI is InChI=1S/C29H30ClF3N6O3S2/c1-29(40)15-2-3-16(29)11-19(10-15)44(41,42)37-18-13-23-24(22-6-8-39(36-22)28(32)33)25(20-5-4-17(31)12-21(20)30)35-26(38(23)14-18)27-34-7-9-43-27/h4-9,12,15-16,18-19,25,28,37,40H,2-3,10-11,13-14H2,1H3/t15?,16?,18-,19-,25-,29-/m0/s1. The molecule has 0 radical (unpaired) electrons. The van der Waals surface area contributed by atoms with Crippen molar-refractivity contribution >= 4 is 44.4 Å². The number of aromatic nitrogens is 3. The quantitative estimate of drug-likeness (QED) is 0.351. The van der Waals surface area contributed by atoms with Gasteiger partial charge in [0.15, 0.2) is 10.8 Å². The lowest BCUT2D eigenvalue weighted by molar-refractivity contribution is -0.0414. The predicted octanol–water partition coefficient (Wildman–Crippen LogP) is 5.37. The fourth-order valence-electron chi connectivity index (χ4n) is 7.38. The van der Waals surface area contributed by atoms with Gasteiger partial charge in [-0.05, 0) is 62.6 Å². The van der Waals surface area contributed by atoms with E-state index in [1.807, 2.05) is 11.8 Å². The molecule has 1 aromatic carbocycles. The Kier molecular flexibility index (Phi) is 7.43. The maximum atomic E-state index is 14.1. The van der Waals surface area contributed by atoms with Gasteiger partial charge in [-0.3, -0.25) is 4.99 Å². The molecule has 3 fully saturated rings. The Morgan fingerprint density at radius 1 is 1.20 bits per heavy atom. The lowest BCUT2D eigenvalue weighted by Gasteiger charge is -2.40. The molecule has 2 N–H and O–H groups in total. The molecule has 3 aromatic rings. The first-order chi connectivity index (χ1) is 20.9. The summed E-state index contributed by atoms with van der Waals surface area (Å²) in [6, 6.07) is 3.99. The number of halogens is 4. The zero-order chi connectivity index (χ0) is 31.0. The van der Waals surface area contributed by atoms with E-state index in [2.05, 4.69) is 14.8 Å². The van der Waals surface area contributed by atoms with Gasteiger partial charge in [-0.2, -0.15) is 13.9 Å². The maximum absolute atomic E-state index is 14.1. The molecule has 2 aliphatic carbocycles. The van der Waals surface area contributed by atoms with E-state index in [9.17, 15) is 26.7 Å². The zero-order valence-corrected chi connectivity index (χ0v) is 26.0. The summed E-state index contributed by atoms with van der Waals surface area (Å²) in [5, 5.41) is 16.9. The van der Waals surface area contributed by atoms with Crippen molar-refractivity contribution in [3.8, 4) is 0 Å². The minimum Gasteiger partial charge on any atom is -0.390 e. The number of hydrogen-bond donors (Lipinski definition) is 2. The molecular weight excluding hydrogens is 637 g/mol. The van der Waals surface area contributed by atoms with Crippen LogP contribution in [0.5, 0.6) is 0 Å². The molecule has 4 aliphatic rings. The van der Waals surface area contributed by atoms with Crippen LogP contribution in [0, 0.1) is 17.7 Å². The van der Waals surface area contributed by atoms with Crippen molar-refractivity contribution in [2.24, 2.45) is 16.8 Å². The highest BCUT2D eigenvalue weighted by atomic mass is 35.5. The SMILES string of the molecule is C[C@]1(O)C2CCC1C[C@@H](S(=O)(=O)N[C@H]1CC3=C(c4ccn(C(F)F)n4)[C@H](c4ccc(F)cc4Cl)N=C(c4nccs4)N3C1)C2. The van der Waals surface area contributed by atoms with Crippen molar-refractivity contribution in [2.45, 2.75) is 68.5 Å². The number of nitrogens with zero attached hydrogens (tertiary/aromatic N) is 5. The molecule has 234 valence electrons. The Hall–Kier alpha value is -2.78. The largest absolute Gasteiger partial charge is 0.390 e. The molecule has 2 bridgehead atoms. The summed E-state index contributed by atoms with van der Waals surface area (Å²) in [5.74, 6) is -0.195. The summed E-state index contributed by atoms with van der Waals surface area (Å²) in [6.07, 6.45) is 5.44. The van der Waals surface area contributed by atoms with Crippen LogP contribution in [0.2, 0.25) is 5.02 Å². The van der Waals surface area contributed by atoms with Crippen LogP contribution in [0.25, 0.3) is 5.57 Å². The lowest BCUT2D eigenvalue weighted by Crippen LogP contribution is -2.50. The molecular formula is C29H30ClF3N6O3S2. The van der Waals surface area contributed by atoms with Crippen LogP contribution in [0.4, 0.5) is 13.2 Å². The highest BCUT2D eigenvalue weighted by Gasteiger charge is 2.53. The van der Waals surface area contributed by atoms with E-state index in [4.69, 9.17) is 16.6 Å². The molecule has 1 saturated heterocycles. The van der Waals surface area contributed by atoms with Gasteiger partial charge in [-0.1, -0.05) is 17.7 Å². The van der Waals surface area contributed by atoms with Crippen molar-refractivity contribution in [3.05, 3.63) is 74.8 Å². The fraction of sp³-hybridized carbons (Fsp3) is 0.483. The smallest absolute Gasteiger partial charge is 0.333 e. The first-order valence-corrected chi connectivity index (χ1v) is 17.2. The van der Waals surface area contributed by atoms with Gasteiger partial charge in [0, 0.05) is 58.6 Å². The Labute approximate surface area is 261 Å². The summed E-state index contributed by atoms with van der Waals surface area (Å²) in [4.78, 5) is 11.3. The summed E-state index contributed by atoms with van der Waals surface area (Å²) in [6.45, 7) is -0.827. The van der Waals surface area contributed by atoms with Crippen LogP contribution in [0.15, 0.2) is 52.7 Å². The summed E-state index contributed by atoms with van der Waals surface area (Å²) < 4.78 is 72.3. The van der Waals surface area contributed by atoms with Crippen LogP contribution >= 0.6 is 22.9 Å². The van der Waals surface area contributed by atoms with Gasteiger partial charge < -0.3 is 10.0 Å². The van der Waals surface area contributed by atoms with E-state index >= 15 is 0 Å². The molecule has 0 amide bonds. The molecule has 2 unspecified atom stereocenters. The average molecular weight is 667 g/mol. The van der Waals surface area contributed by atoms with Gasteiger partial charge in [0.25, 0.3) is 0 Å². The number of thiazole rings is 1. The van der Waals surface area contributed by atoms with Crippen molar-refractivity contribution in [1.29, 1.82) is 0 Å². The number of benzene rings is 1. The van der Waals surface area contributed by atoms with Crippen LogP contribution < -0.4 is 4.72 Å². The van der Waals surface area contributed by atoms with Gasteiger partial charge in [0.2, 0.25) is 10.0 Å². The highest BCUT2D eigenvalue weighted by molar-refractivity contribution is 7.90. The number of amidine groups is 1. The van der Waals surface area contributed by atoms with E-state index in [0.29, 0.717) is 45.2 Å². The number of alkyl halides is 2. The molecule has 15 heteroatoms. The van der Waals surface area contributed by atoms with E-state index in [-0.39, 0.29) is 35.5 Å². The third kappa shape index (κ3) is 5.08. The number of nitrogens with one attached hydrogen (secondary N) is 1. The molecule has 9 nitrogen and oxygen atoms in total. The van der Waals surface area contributed by atoms with Crippen molar-refractivity contribution in [1.82, 2.24) is 24.4 Å². The number of hydrogen-bond acceptors (Lipinski definition) is 8. The second-order valence-electron chi connectivity index (χ2n) is 12.1. The molecule has 0 spiro atoms. The first kappa shape index (κ1) is 29.9. The molecule has 4 heterocycles. The Morgan fingerprint density at radius 2 is 1.95 bits per heavy atom. The van der Waals surface area contributed by atoms with E-state index < -0.39 is 45.3 Å². The number of fused-ring (bicyclic) bond motifs is 3. The molecule has 2 saturated carbocycles. The number of sulfonamides is 1. The summed E-state index contributed by atoms with van der Waals surface area (Å²) in [5.41, 5.74) is 0.954. The minimum atomic E-state index is -3.77. The predicted molar refractivity (Wildman–Crippen MR) is 160 cm³/mol. The normalized spacial score (nSPS) is 30.3. The topological polar surface area (TPSA) is 113 Å². The van der Waals surface area contributed by atoms with Crippen molar-refractivity contribution in [3.63, 3.8) is 0 Å². The minimum absolute atomic E-state index is 0.0677. The molecule has 7 rings (SSSR count). The molecule has 44 heavy (non-hydrogen) atoms. The van der Waals surface area contributed by atoms with Crippen molar-refractivity contribution in [2.75, 3.05) is 6.54 Å².